The number of nitrogens with zero attached hydrogens (tertiary/aromatic N) is 1. The zero-order chi connectivity index (χ0) is 8.13. The SMILES string of the molecule is O=Cc1ccc2c(c1)N1OC1N2. The maximum atomic E-state index is 10.4. The first-order chi connectivity index (χ1) is 5.88. The highest BCUT2D eigenvalue weighted by molar-refractivity contribution is 5.84. The molecule has 0 saturated carbocycles. The predicted molar refractivity (Wildman–Crippen MR) is 42.8 cm³/mol. The van der Waals surface area contributed by atoms with Crippen molar-refractivity contribution < 1.29 is 9.63 Å². The topological polar surface area (TPSA) is 44.6 Å². The van der Waals surface area contributed by atoms with Crippen molar-refractivity contribution in [2.24, 2.45) is 0 Å². The van der Waals surface area contributed by atoms with Crippen molar-refractivity contribution in [1.82, 2.24) is 0 Å². The molecule has 60 valence electrons. The van der Waals surface area contributed by atoms with Crippen molar-refractivity contribution in [3.05, 3.63) is 23.8 Å². The second-order valence-electron chi connectivity index (χ2n) is 2.82. The third-order valence-corrected chi connectivity index (χ3v) is 2.06. The minimum Gasteiger partial charge on any atom is -0.338 e. The Morgan fingerprint density at radius 2 is 2.50 bits per heavy atom. The van der Waals surface area contributed by atoms with Gasteiger partial charge in [0, 0.05) is 5.56 Å². The lowest BCUT2D eigenvalue weighted by Crippen LogP contribution is -1.98. The molecule has 12 heavy (non-hydrogen) atoms. The smallest absolute Gasteiger partial charge is 0.255 e. The number of benzene rings is 1. The van der Waals surface area contributed by atoms with E-state index in [0.29, 0.717) is 5.56 Å². The zero-order valence-corrected chi connectivity index (χ0v) is 6.15. The average Bonchev–Trinajstić information content (AvgIpc) is 2.79. The molecule has 3 rings (SSSR count). The maximum Gasteiger partial charge on any atom is 0.255 e. The van der Waals surface area contributed by atoms with Crippen LogP contribution in [0.5, 0.6) is 0 Å². The van der Waals surface area contributed by atoms with Gasteiger partial charge in [0.2, 0.25) is 0 Å². The molecule has 1 aromatic carbocycles. The molecule has 0 aliphatic carbocycles. The number of carbonyl (C=O) groups is 1. The molecule has 2 heterocycles. The molecule has 4 nitrogen and oxygen atoms in total. The van der Waals surface area contributed by atoms with Crippen LogP contribution in [0.4, 0.5) is 11.4 Å². The van der Waals surface area contributed by atoms with Gasteiger partial charge in [0.05, 0.1) is 11.4 Å². The molecule has 0 amide bonds. The van der Waals surface area contributed by atoms with Gasteiger partial charge in [-0.2, -0.15) is 5.06 Å². The first-order valence-electron chi connectivity index (χ1n) is 3.70. The molecule has 0 spiro atoms. The number of anilines is 2. The van der Waals surface area contributed by atoms with Crippen molar-refractivity contribution in [1.29, 1.82) is 0 Å². The van der Waals surface area contributed by atoms with E-state index in [2.05, 4.69) is 5.32 Å². The van der Waals surface area contributed by atoms with Crippen molar-refractivity contribution in [2.45, 2.75) is 6.35 Å². The normalized spacial score (nSPS) is 22.7. The molecule has 1 unspecified atom stereocenters. The van der Waals surface area contributed by atoms with E-state index in [0.717, 1.165) is 17.7 Å². The Kier molecular flexibility index (Phi) is 0.895. The summed E-state index contributed by atoms with van der Waals surface area (Å²) in [5.74, 6) is 0. The molecule has 1 saturated heterocycles. The lowest BCUT2D eigenvalue weighted by atomic mass is 10.2. The van der Waals surface area contributed by atoms with Crippen LogP contribution in [0.15, 0.2) is 18.2 Å². The van der Waals surface area contributed by atoms with Gasteiger partial charge in [-0.3, -0.25) is 4.79 Å². The standard InChI is InChI=1S/C8H6N2O2/c11-4-5-1-2-6-7(3-5)10-8(9-6)12-10/h1-4,8-9H. The molecule has 2 aliphatic heterocycles. The van der Waals surface area contributed by atoms with Crippen molar-refractivity contribution in [3.8, 4) is 0 Å². The Morgan fingerprint density at radius 1 is 1.58 bits per heavy atom. The predicted octanol–water partition coefficient (Wildman–Crippen LogP) is 0.960. The van der Waals surface area contributed by atoms with Crippen molar-refractivity contribution >= 4 is 17.7 Å². The summed E-state index contributed by atoms with van der Waals surface area (Å²) in [7, 11) is 0. The van der Waals surface area contributed by atoms with Crippen LogP contribution in [-0.4, -0.2) is 12.6 Å². The van der Waals surface area contributed by atoms with Gasteiger partial charge in [-0.15, -0.1) is 0 Å². The number of nitrogens with one attached hydrogen (secondary N) is 1. The van der Waals surface area contributed by atoms with E-state index in [4.69, 9.17) is 4.84 Å². The molecule has 0 radical (unpaired) electrons. The molecule has 1 aromatic rings. The Hall–Kier alpha value is -1.55. The van der Waals surface area contributed by atoms with E-state index in [9.17, 15) is 4.79 Å². The second kappa shape index (κ2) is 1.78. The van der Waals surface area contributed by atoms with Crippen molar-refractivity contribution in [3.63, 3.8) is 0 Å². The highest BCUT2D eigenvalue weighted by atomic mass is 16.9. The van der Waals surface area contributed by atoms with Crippen LogP contribution in [0.3, 0.4) is 0 Å². The first kappa shape index (κ1) is 6.02. The highest BCUT2D eigenvalue weighted by Gasteiger charge is 2.44. The molecule has 1 N–H and O–H groups in total. The van der Waals surface area contributed by atoms with Crippen molar-refractivity contribution in [2.75, 3.05) is 10.4 Å². The Balaban J connectivity index is 2.15. The number of hydroxylamine groups is 1. The van der Waals surface area contributed by atoms with E-state index in [1.54, 1.807) is 11.1 Å². The van der Waals surface area contributed by atoms with Crippen LogP contribution < -0.4 is 10.4 Å². The van der Waals surface area contributed by atoms with Crippen LogP contribution >= 0.6 is 0 Å². The van der Waals surface area contributed by atoms with Crippen LogP contribution in [0, 0.1) is 0 Å². The molecular formula is C8H6N2O2. The summed E-state index contributed by atoms with van der Waals surface area (Å²) in [6.07, 6.45) is 0.832. The van der Waals surface area contributed by atoms with E-state index in [-0.39, 0.29) is 6.35 Å². The third kappa shape index (κ3) is 0.622. The van der Waals surface area contributed by atoms with Gasteiger partial charge in [-0.05, 0) is 18.2 Å². The van der Waals surface area contributed by atoms with Gasteiger partial charge in [0.25, 0.3) is 6.35 Å². The summed E-state index contributed by atoms with van der Waals surface area (Å²) in [4.78, 5) is 15.5. The lowest BCUT2D eigenvalue weighted by Gasteiger charge is -2.01. The zero-order valence-electron chi connectivity index (χ0n) is 6.15. The molecule has 0 aromatic heterocycles. The van der Waals surface area contributed by atoms with Crippen LogP contribution in [0.1, 0.15) is 10.4 Å². The Bertz CT molecular complexity index is 364. The average molecular weight is 162 g/mol. The second-order valence-corrected chi connectivity index (χ2v) is 2.82. The Labute approximate surface area is 68.7 Å². The monoisotopic (exact) mass is 162 g/mol. The summed E-state index contributed by atoms with van der Waals surface area (Å²) in [6, 6.07) is 5.47. The summed E-state index contributed by atoms with van der Waals surface area (Å²) >= 11 is 0. The molecular weight excluding hydrogens is 156 g/mol. The van der Waals surface area contributed by atoms with Crippen LogP contribution in [0.2, 0.25) is 0 Å². The number of hydrogen-bond donors (Lipinski definition) is 1. The van der Waals surface area contributed by atoms with E-state index < -0.39 is 0 Å². The Morgan fingerprint density at radius 3 is 3.33 bits per heavy atom. The molecule has 0 bridgehead atoms. The molecule has 1 atom stereocenters. The minimum atomic E-state index is 0.00176. The summed E-state index contributed by atoms with van der Waals surface area (Å²) < 4.78 is 0. The maximum absolute atomic E-state index is 10.4. The number of rotatable bonds is 1. The quantitative estimate of drug-likeness (QED) is 0.493. The molecule has 2 aliphatic rings. The largest absolute Gasteiger partial charge is 0.338 e. The summed E-state index contributed by atoms with van der Waals surface area (Å²) in [6.45, 7) is 0. The van der Waals surface area contributed by atoms with Crippen LogP contribution in [0.25, 0.3) is 0 Å². The van der Waals surface area contributed by atoms with Gasteiger partial charge < -0.3 is 5.32 Å². The number of aldehydes is 1. The third-order valence-electron chi connectivity index (χ3n) is 2.06. The molecule has 1 fully saturated rings. The van der Waals surface area contributed by atoms with Gasteiger partial charge >= 0.3 is 0 Å². The first-order valence-corrected chi connectivity index (χ1v) is 3.70. The summed E-state index contributed by atoms with van der Waals surface area (Å²) in [5, 5.41) is 4.85. The van der Waals surface area contributed by atoms with Gasteiger partial charge in [-0.1, -0.05) is 0 Å². The minimum absolute atomic E-state index is 0.00176. The highest BCUT2D eigenvalue weighted by Crippen LogP contribution is 2.43. The van der Waals surface area contributed by atoms with Gasteiger partial charge in [-0.25, -0.2) is 4.84 Å². The number of hydrogen-bond acceptors (Lipinski definition) is 4. The number of fused-ring (bicyclic) bond motifs is 3. The lowest BCUT2D eigenvalue weighted by molar-refractivity contribution is 0.112. The van der Waals surface area contributed by atoms with E-state index >= 15 is 0 Å². The van der Waals surface area contributed by atoms with Gasteiger partial charge in [0.15, 0.2) is 0 Å². The van der Waals surface area contributed by atoms with E-state index in [1.165, 1.54) is 0 Å². The summed E-state index contributed by atoms with van der Waals surface area (Å²) in [5.41, 5.74) is 2.65. The molecule has 4 heteroatoms. The van der Waals surface area contributed by atoms with Crippen LogP contribution in [-0.2, 0) is 4.84 Å². The van der Waals surface area contributed by atoms with E-state index in [1.807, 2.05) is 12.1 Å². The fraction of sp³-hybridized carbons (Fsp3) is 0.125. The number of carbonyl (C=O) groups excluding carboxylic acids is 1. The fourth-order valence-corrected chi connectivity index (χ4v) is 1.41. The van der Waals surface area contributed by atoms with Gasteiger partial charge in [0.1, 0.15) is 6.29 Å². The fourth-order valence-electron chi connectivity index (χ4n) is 1.41.